The maximum absolute atomic E-state index is 3.20. The zero-order valence-corrected chi connectivity index (χ0v) is 11.5. The Bertz CT molecular complexity index is 166. The summed E-state index contributed by atoms with van der Waals surface area (Å²) in [5.41, 5.74) is 0. The van der Waals surface area contributed by atoms with Gasteiger partial charge in [-0.1, -0.05) is 0 Å². The number of rotatable bonds is 10. The van der Waals surface area contributed by atoms with E-state index in [9.17, 15) is 0 Å². The molecule has 0 bridgehead atoms. The Balaban J connectivity index is 1.65. The Morgan fingerprint density at radius 2 is 1.57 bits per heavy atom. The molecule has 0 aliphatic carbocycles. The van der Waals surface area contributed by atoms with E-state index >= 15 is 0 Å². The van der Waals surface area contributed by atoms with E-state index in [0.717, 1.165) is 0 Å². The van der Waals surface area contributed by atoms with Gasteiger partial charge in [-0.15, -0.1) is 0 Å². The number of unbranched alkanes of at least 4 members (excludes halogenated alkanes) is 7. The minimum absolute atomic E-state index is 0.394. The molecular formula is C12H23IN-. The van der Waals surface area contributed by atoms with Crippen LogP contribution < -0.4 is 26.5 Å². The molecule has 1 nitrogen and oxygen atoms in total. The fraction of sp³-hybridized carbons (Fsp3) is 0.833. The Labute approximate surface area is 99.0 Å². The zero-order valence-electron chi connectivity index (χ0n) is 9.32. The van der Waals surface area contributed by atoms with Crippen LogP contribution in [0.2, 0.25) is 0 Å². The predicted octanol–water partition coefficient (Wildman–Crippen LogP) is 0.618. The van der Waals surface area contributed by atoms with Gasteiger partial charge in [-0.25, -0.2) is 0 Å². The van der Waals surface area contributed by atoms with Crippen molar-refractivity contribution in [2.45, 2.75) is 58.3 Å². The fourth-order valence-corrected chi connectivity index (χ4v) is 3.60. The first-order chi connectivity index (χ1) is 6.93. The van der Waals surface area contributed by atoms with E-state index < -0.39 is 0 Å². The Hall–Kier alpha value is 0.270. The normalized spacial score (nSPS) is 13.9. The van der Waals surface area contributed by atoms with Gasteiger partial charge >= 0.3 is 99.1 Å². The van der Waals surface area contributed by atoms with Crippen molar-refractivity contribution in [2.75, 3.05) is 4.43 Å². The van der Waals surface area contributed by atoms with E-state index in [0.29, 0.717) is 21.2 Å². The van der Waals surface area contributed by atoms with Crippen molar-refractivity contribution in [3.05, 3.63) is 9.90 Å². The van der Waals surface area contributed by atoms with Crippen molar-refractivity contribution < 1.29 is 21.2 Å². The third-order valence-corrected chi connectivity index (χ3v) is 5.23. The Morgan fingerprint density at radius 3 is 2.14 bits per heavy atom. The molecule has 1 N–H and O–H groups in total. The average Bonchev–Trinajstić information content (AvgIpc) is 2.99. The second kappa shape index (κ2) is 8.57. The molecule has 1 heterocycles. The number of hydrogen-bond donors (Lipinski definition) is 1. The first-order valence-corrected chi connectivity index (χ1v) is 8.60. The van der Waals surface area contributed by atoms with Crippen molar-refractivity contribution in [1.29, 1.82) is 0 Å². The van der Waals surface area contributed by atoms with E-state index in [1.54, 1.807) is 3.70 Å². The molecule has 1 rings (SSSR count). The molecule has 0 unspecified atom stereocenters. The summed E-state index contributed by atoms with van der Waals surface area (Å²) in [6.45, 7) is 2.28. The van der Waals surface area contributed by atoms with Crippen LogP contribution in [-0.4, -0.2) is 4.43 Å². The van der Waals surface area contributed by atoms with Gasteiger partial charge in [0, 0.05) is 0 Å². The summed E-state index contributed by atoms with van der Waals surface area (Å²) in [5, 5.41) is 3.20. The molecule has 0 fully saturated rings. The summed E-state index contributed by atoms with van der Waals surface area (Å²) in [4.78, 5) is 0. The molecule has 2 heteroatoms. The van der Waals surface area contributed by atoms with Crippen molar-refractivity contribution in [2.24, 2.45) is 0 Å². The molecule has 0 aromatic rings. The van der Waals surface area contributed by atoms with Crippen LogP contribution in [0.25, 0.3) is 0 Å². The standard InChI is InChI=1S/C12H23IN/c1-2-3-4-5-6-7-8-9-10-13-12-11-14-12/h11,14H,2-10H2,1H3/q-1. The third-order valence-electron chi connectivity index (χ3n) is 2.48. The van der Waals surface area contributed by atoms with E-state index in [1.807, 2.05) is 0 Å². The average molecular weight is 308 g/mol. The molecule has 0 aromatic heterocycles. The van der Waals surface area contributed by atoms with Crippen molar-refractivity contribution in [3.63, 3.8) is 0 Å². The van der Waals surface area contributed by atoms with Crippen LogP contribution in [0.15, 0.2) is 9.90 Å². The first-order valence-electron chi connectivity index (χ1n) is 5.99. The van der Waals surface area contributed by atoms with Crippen LogP contribution in [0, 0.1) is 0 Å². The maximum atomic E-state index is 3.20. The second-order valence-corrected chi connectivity index (χ2v) is 6.94. The quantitative estimate of drug-likeness (QED) is 0.272. The molecule has 0 atom stereocenters. The van der Waals surface area contributed by atoms with Crippen LogP contribution >= 0.6 is 0 Å². The number of hydrogen-bond acceptors (Lipinski definition) is 1. The number of nitrogens with one attached hydrogen (secondary N) is 1. The first kappa shape index (κ1) is 12.3. The second-order valence-electron chi connectivity index (χ2n) is 3.93. The van der Waals surface area contributed by atoms with Gasteiger partial charge in [-0.3, -0.25) is 0 Å². The van der Waals surface area contributed by atoms with Crippen LogP contribution in [-0.2, 0) is 0 Å². The molecule has 0 saturated carbocycles. The molecule has 14 heavy (non-hydrogen) atoms. The molecule has 0 amide bonds. The summed E-state index contributed by atoms with van der Waals surface area (Å²) in [5.74, 6) is 0. The van der Waals surface area contributed by atoms with Crippen molar-refractivity contribution in [3.8, 4) is 0 Å². The third kappa shape index (κ3) is 7.65. The van der Waals surface area contributed by atoms with Gasteiger partial charge in [0.05, 0.1) is 0 Å². The van der Waals surface area contributed by atoms with Gasteiger partial charge in [0.25, 0.3) is 0 Å². The van der Waals surface area contributed by atoms with E-state index in [-0.39, 0.29) is 0 Å². The monoisotopic (exact) mass is 308 g/mol. The van der Waals surface area contributed by atoms with E-state index in [2.05, 4.69) is 18.4 Å². The van der Waals surface area contributed by atoms with Gasteiger partial charge in [0.15, 0.2) is 0 Å². The Morgan fingerprint density at radius 1 is 1.00 bits per heavy atom. The van der Waals surface area contributed by atoms with Gasteiger partial charge in [-0.05, 0) is 0 Å². The summed E-state index contributed by atoms with van der Waals surface area (Å²) in [6.07, 6.45) is 13.8. The summed E-state index contributed by atoms with van der Waals surface area (Å²) in [7, 11) is 0. The van der Waals surface area contributed by atoms with Crippen LogP contribution in [0.3, 0.4) is 0 Å². The van der Waals surface area contributed by atoms with Crippen molar-refractivity contribution >= 4 is 0 Å². The topological polar surface area (TPSA) is 21.9 Å². The van der Waals surface area contributed by atoms with Gasteiger partial charge in [0.1, 0.15) is 0 Å². The van der Waals surface area contributed by atoms with Crippen LogP contribution in [0.4, 0.5) is 0 Å². The SMILES string of the molecule is CCCCCCCCCC[I-]C1=CN1. The summed E-state index contributed by atoms with van der Waals surface area (Å²) >= 11 is 0.394. The summed E-state index contributed by atoms with van der Waals surface area (Å²) < 4.78 is 3.07. The molecule has 1 aliphatic rings. The van der Waals surface area contributed by atoms with E-state index in [1.165, 1.54) is 55.8 Å². The molecule has 0 spiro atoms. The zero-order chi connectivity index (χ0) is 10.1. The summed E-state index contributed by atoms with van der Waals surface area (Å²) in [6, 6.07) is 0. The van der Waals surface area contributed by atoms with Gasteiger partial charge in [-0.2, -0.15) is 0 Å². The van der Waals surface area contributed by atoms with E-state index in [4.69, 9.17) is 0 Å². The molecule has 0 aromatic carbocycles. The fourth-order valence-electron chi connectivity index (χ4n) is 1.50. The molecule has 0 radical (unpaired) electrons. The number of halogens is 1. The minimum atomic E-state index is 0.394. The van der Waals surface area contributed by atoms with Gasteiger partial charge < -0.3 is 0 Å². The molecular weight excluding hydrogens is 285 g/mol. The molecule has 1 aliphatic heterocycles. The molecule has 84 valence electrons. The van der Waals surface area contributed by atoms with Crippen molar-refractivity contribution in [1.82, 2.24) is 5.32 Å². The number of alkyl halides is 1. The van der Waals surface area contributed by atoms with Gasteiger partial charge in [0.2, 0.25) is 0 Å². The van der Waals surface area contributed by atoms with Crippen LogP contribution in [0.1, 0.15) is 58.3 Å². The predicted molar refractivity (Wildman–Crippen MR) is 58.7 cm³/mol. The van der Waals surface area contributed by atoms with Crippen LogP contribution in [0.5, 0.6) is 0 Å². The Kier molecular flexibility index (Phi) is 7.55. The molecule has 0 saturated heterocycles.